The van der Waals surface area contributed by atoms with E-state index in [-0.39, 0.29) is 5.56 Å². The number of alkyl carbamates (subject to hydrolysis) is 1. The van der Waals surface area contributed by atoms with Gasteiger partial charge >= 0.3 is 18.0 Å². The first-order valence-corrected chi connectivity index (χ1v) is 9.81. The second kappa shape index (κ2) is 10.7. The van der Waals surface area contributed by atoms with Crippen molar-refractivity contribution in [2.24, 2.45) is 17.8 Å². The van der Waals surface area contributed by atoms with E-state index in [0.29, 0.717) is 0 Å². The van der Waals surface area contributed by atoms with Crippen LogP contribution in [-0.2, 0) is 23.9 Å². The van der Waals surface area contributed by atoms with Gasteiger partial charge in [0.05, 0.1) is 11.5 Å². The van der Waals surface area contributed by atoms with E-state index in [4.69, 9.17) is 9.47 Å². The van der Waals surface area contributed by atoms with Gasteiger partial charge in [0, 0.05) is 0 Å². The van der Waals surface area contributed by atoms with Crippen molar-refractivity contribution >= 4 is 29.7 Å². The Balaban J connectivity index is 3.03. The Hall–Kier alpha value is -3.23. The molecule has 0 aromatic heterocycles. The number of ether oxygens (including phenoxy) is 2. The summed E-state index contributed by atoms with van der Waals surface area (Å²) in [7, 11) is 0. The molecular weight excluding hydrogens is 406 g/mol. The molecule has 0 aliphatic rings. The van der Waals surface area contributed by atoms with Crippen LogP contribution in [0.25, 0.3) is 0 Å². The smallest absolute Gasteiger partial charge is 0.414 e. The number of Topliss-reactive ketones (excluding diaryl/α,β-unsaturated/α-hetero) is 1. The van der Waals surface area contributed by atoms with Gasteiger partial charge in [0.2, 0.25) is 5.91 Å². The molecule has 0 saturated heterocycles. The lowest BCUT2D eigenvalue weighted by Gasteiger charge is -2.28. The van der Waals surface area contributed by atoms with E-state index in [0.717, 1.165) is 0 Å². The number of amides is 2. The summed E-state index contributed by atoms with van der Waals surface area (Å²) in [4.78, 5) is 61.3. The van der Waals surface area contributed by atoms with Gasteiger partial charge in [-0.3, -0.25) is 19.7 Å². The van der Waals surface area contributed by atoms with Gasteiger partial charge in [0.25, 0.3) is 0 Å². The summed E-state index contributed by atoms with van der Waals surface area (Å²) in [5.74, 6) is -8.17. The van der Waals surface area contributed by atoms with Crippen LogP contribution in [0.4, 0.5) is 4.79 Å². The SMILES string of the molecule is CC(C(=O)NC(=O)OC(C)(C)C)C(=O)C(C(=O)O)C(OC(=O)c1ccccc1)C(C)C. The number of carbonyl (C=O) groups excluding carboxylic acids is 4. The third-order valence-corrected chi connectivity index (χ3v) is 4.25. The standard InChI is InChI=1S/C22H29NO8/c1-12(2)17(30-20(28)14-10-8-7-9-11-14)15(19(26)27)16(24)13(3)18(25)23-21(29)31-22(4,5)6/h7-13,15,17H,1-6H3,(H,26,27)(H,23,25,29). The third-order valence-electron chi connectivity index (χ3n) is 4.25. The normalized spacial score (nSPS) is 14.2. The Kier molecular flexibility index (Phi) is 8.90. The summed E-state index contributed by atoms with van der Waals surface area (Å²) in [5.41, 5.74) is -0.671. The van der Waals surface area contributed by atoms with Gasteiger partial charge in [0.15, 0.2) is 11.7 Å². The van der Waals surface area contributed by atoms with Crippen LogP contribution in [0, 0.1) is 17.8 Å². The maximum absolute atomic E-state index is 12.9. The molecule has 0 fully saturated rings. The average Bonchev–Trinajstić information content (AvgIpc) is 2.65. The molecule has 0 aliphatic heterocycles. The van der Waals surface area contributed by atoms with E-state index in [1.165, 1.54) is 19.1 Å². The number of imide groups is 1. The van der Waals surface area contributed by atoms with Crippen molar-refractivity contribution in [2.45, 2.75) is 53.2 Å². The zero-order chi connectivity index (χ0) is 23.9. The fourth-order valence-corrected chi connectivity index (χ4v) is 2.69. The zero-order valence-electron chi connectivity index (χ0n) is 18.5. The summed E-state index contributed by atoms with van der Waals surface area (Å²) in [5, 5.41) is 11.6. The molecule has 0 radical (unpaired) electrons. The summed E-state index contributed by atoms with van der Waals surface area (Å²) in [6.45, 7) is 9.16. The predicted octanol–water partition coefficient (Wildman–Crippen LogP) is 2.83. The Morgan fingerprint density at radius 2 is 1.52 bits per heavy atom. The van der Waals surface area contributed by atoms with Crippen LogP contribution in [-0.4, -0.2) is 46.5 Å². The van der Waals surface area contributed by atoms with Crippen molar-refractivity contribution < 1.29 is 38.6 Å². The second-order valence-corrected chi connectivity index (χ2v) is 8.41. The summed E-state index contributed by atoms with van der Waals surface area (Å²) in [6, 6.07) is 7.92. The van der Waals surface area contributed by atoms with Crippen LogP contribution < -0.4 is 5.32 Å². The number of carboxylic acid groups (broad SMARTS) is 1. The summed E-state index contributed by atoms with van der Waals surface area (Å²) >= 11 is 0. The molecule has 1 rings (SSSR count). The molecule has 1 aromatic carbocycles. The molecule has 0 aliphatic carbocycles. The van der Waals surface area contributed by atoms with Gasteiger partial charge in [-0.15, -0.1) is 0 Å². The lowest BCUT2D eigenvalue weighted by atomic mass is 9.84. The maximum atomic E-state index is 12.9. The quantitative estimate of drug-likeness (QED) is 0.470. The predicted molar refractivity (Wildman–Crippen MR) is 110 cm³/mol. The molecule has 3 unspecified atom stereocenters. The number of hydrogen-bond acceptors (Lipinski definition) is 7. The van der Waals surface area contributed by atoms with E-state index < -0.39 is 59.2 Å². The van der Waals surface area contributed by atoms with E-state index >= 15 is 0 Å². The van der Waals surface area contributed by atoms with Crippen molar-refractivity contribution in [3.05, 3.63) is 35.9 Å². The minimum absolute atomic E-state index is 0.195. The molecule has 1 aromatic rings. The van der Waals surface area contributed by atoms with Crippen LogP contribution in [0.2, 0.25) is 0 Å². The number of nitrogens with one attached hydrogen (secondary N) is 1. The molecule has 3 atom stereocenters. The number of esters is 1. The number of ketones is 1. The van der Waals surface area contributed by atoms with E-state index in [1.807, 2.05) is 5.32 Å². The molecule has 9 heteroatoms. The Morgan fingerprint density at radius 3 is 1.97 bits per heavy atom. The topological polar surface area (TPSA) is 136 Å². The van der Waals surface area contributed by atoms with Gasteiger partial charge in [-0.2, -0.15) is 0 Å². The molecule has 9 nitrogen and oxygen atoms in total. The molecule has 0 heterocycles. The Bertz CT molecular complexity index is 826. The van der Waals surface area contributed by atoms with Crippen LogP contribution in [0.3, 0.4) is 0 Å². The highest BCUT2D eigenvalue weighted by atomic mass is 16.6. The van der Waals surface area contributed by atoms with Crippen molar-refractivity contribution in [3.8, 4) is 0 Å². The highest BCUT2D eigenvalue weighted by molar-refractivity contribution is 6.11. The van der Waals surface area contributed by atoms with Crippen molar-refractivity contribution in [1.82, 2.24) is 5.32 Å². The highest BCUT2D eigenvalue weighted by Gasteiger charge is 2.43. The van der Waals surface area contributed by atoms with E-state index in [1.54, 1.807) is 52.8 Å². The van der Waals surface area contributed by atoms with Gasteiger partial charge in [-0.1, -0.05) is 32.0 Å². The lowest BCUT2D eigenvalue weighted by molar-refractivity contribution is -0.154. The lowest BCUT2D eigenvalue weighted by Crippen LogP contribution is -2.47. The first kappa shape index (κ1) is 25.8. The third kappa shape index (κ3) is 7.84. The molecule has 0 bridgehead atoms. The second-order valence-electron chi connectivity index (χ2n) is 8.41. The van der Waals surface area contributed by atoms with Crippen LogP contribution in [0.1, 0.15) is 51.9 Å². The number of aliphatic carboxylic acids is 1. The van der Waals surface area contributed by atoms with Gasteiger partial charge in [-0.05, 0) is 45.7 Å². The average molecular weight is 435 g/mol. The highest BCUT2D eigenvalue weighted by Crippen LogP contribution is 2.23. The minimum Gasteiger partial charge on any atom is -0.481 e. The molecule has 31 heavy (non-hydrogen) atoms. The molecule has 0 saturated carbocycles. The Morgan fingerprint density at radius 1 is 0.968 bits per heavy atom. The van der Waals surface area contributed by atoms with Gasteiger partial charge in [0.1, 0.15) is 11.7 Å². The zero-order valence-corrected chi connectivity index (χ0v) is 18.5. The van der Waals surface area contributed by atoms with Crippen LogP contribution in [0.15, 0.2) is 30.3 Å². The number of hydrogen-bond donors (Lipinski definition) is 2. The van der Waals surface area contributed by atoms with Gasteiger partial charge < -0.3 is 14.6 Å². The van der Waals surface area contributed by atoms with Crippen LogP contribution in [0.5, 0.6) is 0 Å². The van der Waals surface area contributed by atoms with Crippen LogP contribution >= 0.6 is 0 Å². The monoisotopic (exact) mass is 435 g/mol. The first-order chi connectivity index (χ1) is 14.2. The minimum atomic E-state index is -1.80. The fourth-order valence-electron chi connectivity index (χ4n) is 2.69. The van der Waals surface area contributed by atoms with Crippen molar-refractivity contribution in [2.75, 3.05) is 0 Å². The number of benzene rings is 1. The van der Waals surface area contributed by atoms with Crippen molar-refractivity contribution in [1.29, 1.82) is 0 Å². The number of carboxylic acids is 1. The Labute approximate surface area is 181 Å². The van der Waals surface area contributed by atoms with Crippen molar-refractivity contribution in [3.63, 3.8) is 0 Å². The number of carbonyl (C=O) groups is 5. The fraction of sp³-hybridized carbons (Fsp3) is 0.500. The molecule has 0 spiro atoms. The van der Waals surface area contributed by atoms with Gasteiger partial charge in [-0.25, -0.2) is 9.59 Å². The molecule has 170 valence electrons. The van der Waals surface area contributed by atoms with E-state index in [2.05, 4.69) is 0 Å². The first-order valence-electron chi connectivity index (χ1n) is 9.81. The largest absolute Gasteiger partial charge is 0.481 e. The molecular formula is C22H29NO8. The summed E-state index contributed by atoms with van der Waals surface area (Å²) in [6.07, 6.45) is -2.38. The maximum Gasteiger partial charge on any atom is 0.414 e. The number of rotatable bonds is 8. The molecule has 2 N–H and O–H groups in total. The summed E-state index contributed by atoms with van der Waals surface area (Å²) < 4.78 is 10.3. The molecule has 2 amide bonds. The van der Waals surface area contributed by atoms with E-state index in [9.17, 15) is 29.1 Å².